The highest BCUT2D eigenvalue weighted by molar-refractivity contribution is 5.76. The average molecular weight is 727 g/mol. The van der Waals surface area contributed by atoms with Crippen LogP contribution in [0.4, 0.5) is 0 Å². The Morgan fingerprint density at radius 1 is 0.560 bits per heavy atom. The van der Waals surface area contributed by atoms with E-state index >= 15 is 0 Å². The SMILES string of the molecule is CCCCCCCCO[C@H]1O[C@H](CO)[C@@H](O)[C@H](O)[C@@H]1O[C@@H]1O[C@H](CO)[C@@H](O[C@@H]2O[C@H](CO)[C@H](O)[C@H](O)[C@H]2NC(=O)CC)[C@H](O)[C@H]1NC(=O)CC. The van der Waals surface area contributed by atoms with Gasteiger partial charge >= 0.3 is 0 Å². The number of carbonyl (C=O) groups excluding carboxylic acids is 2. The molecule has 0 radical (unpaired) electrons. The van der Waals surface area contributed by atoms with Crippen LogP contribution in [0.25, 0.3) is 0 Å². The molecular weight excluding hydrogens is 668 g/mol. The summed E-state index contributed by atoms with van der Waals surface area (Å²) >= 11 is 0. The first-order chi connectivity index (χ1) is 23.9. The molecule has 0 aromatic carbocycles. The van der Waals surface area contributed by atoms with Crippen molar-refractivity contribution in [1.29, 1.82) is 0 Å². The summed E-state index contributed by atoms with van der Waals surface area (Å²) in [7, 11) is 0. The lowest BCUT2D eigenvalue weighted by Gasteiger charge is -2.49. The van der Waals surface area contributed by atoms with E-state index in [-0.39, 0.29) is 19.4 Å². The lowest BCUT2D eigenvalue weighted by Crippen LogP contribution is -2.70. The molecule has 0 aromatic rings. The summed E-state index contributed by atoms with van der Waals surface area (Å²) in [5, 5.41) is 89.6. The second-order valence-electron chi connectivity index (χ2n) is 12.9. The number of aliphatic hydroxyl groups is 8. The van der Waals surface area contributed by atoms with Gasteiger partial charge in [0.1, 0.15) is 73.1 Å². The van der Waals surface area contributed by atoms with E-state index in [1.165, 1.54) is 0 Å². The first kappa shape index (κ1) is 42.8. The van der Waals surface area contributed by atoms with Gasteiger partial charge in [0.05, 0.1) is 19.8 Å². The summed E-state index contributed by atoms with van der Waals surface area (Å²) in [6.45, 7) is 3.26. The zero-order valence-corrected chi connectivity index (χ0v) is 29.0. The molecule has 0 bridgehead atoms. The topological polar surface area (TPSA) is 275 Å². The van der Waals surface area contributed by atoms with Crippen LogP contribution < -0.4 is 10.6 Å². The van der Waals surface area contributed by atoms with Crippen molar-refractivity contribution < 1.29 is 78.9 Å². The first-order valence-corrected chi connectivity index (χ1v) is 17.7. The Balaban J connectivity index is 1.86. The van der Waals surface area contributed by atoms with Gasteiger partial charge in [-0.2, -0.15) is 0 Å². The zero-order chi connectivity index (χ0) is 37.0. The van der Waals surface area contributed by atoms with Crippen LogP contribution in [-0.4, -0.2) is 171 Å². The Kier molecular flexibility index (Phi) is 18.1. The normalized spacial score (nSPS) is 39.2. The highest BCUT2D eigenvalue weighted by Crippen LogP contribution is 2.33. The first-order valence-electron chi connectivity index (χ1n) is 17.7. The van der Waals surface area contributed by atoms with Gasteiger partial charge in [-0.05, 0) is 6.42 Å². The molecule has 0 spiro atoms. The van der Waals surface area contributed by atoms with Gasteiger partial charge in [0.2, 0.25) is 11.8 Å². The van der Waals surface area contributed by atoms with E-state index in [2.05, 4.69) is 17.6 Å². The van der Waals surface area contributed by atoms with Crippen LogP contribution in [0, 0.1) is 0 Å². The molecule has 0 unspecified atom stereocenters. The predicted molar refractivity (Wildman–Crippen MR) is 171 cm³/mol. The number of nitrogens with one attached hydrogen (secondary N) is 2. The van der Waals surface area contributed by atoms with Crippen molar-refractivity contribution in [3.63, 3.8) is 0 Å². The van der Waals surface area contributed by atoms with Crippen LogP contribution in [0.5, 0.6) is 0 Å². The van der Waals surface area contributed by atoms with E-state index in [0.29, 0.717) is 6.42 Å². The second kappa shape index (κ2) is 21.2. The van der Waals surface area contributed by atoms with Crippen molar-refractivity contribution in [3.8, 4) is 0 Å². The minimum Gasteiger partial charge on any atom is -0.394 e. The molecule has 0 aliphatic carbocycles. The molecule has 3 aliphatic heterocycles. The van der Waals surface area contributed by atoms with E-state index in [0.717, 1.165) is 32.1 Å². The molecule has 3 heterocycles. The van der Waals surface area contributed by atoms with Crippen molar-refractivity contribution in [3.05, 3.63) is 0 Å². The van der Waals surface area contributed by atoms with Crippen LogP contribution in [0.2, 0.25) is 0 Å². The van der Waals surface area contributed by atoms with E-state index in [1.54, 1.807) is 13.8 Å². The third-order valence-electron chi connectivity index (χ3n) is 9.22. The molecule has 10 N–H and O–H groups in total. The third-order valence-corrected chi connectivity index (χ3v) is 9.22. The van der Waals surface area contributed by atoms with Gasteiger partial charge in [-0.3, -0.25) is 9.59 Å². The van der Waals surface area contributed by atoms with Gasteiger partial charge in [-0.15, -0.1) is 0 Å². The Labute approximate surface area is 291 Å². The van der Waals surface area contributed by atoms with Gasteiger partial charge in [-0.1, -0.05) is 52.9 Å². The van der Waals surface area contributed by atoms with Gasteiger partial charge in [0.25, 0.3) is 0 Å². The van der Waals surface area contributed by atoms with E-state index in [4.69, 9.17) is 28.4 Å². The Hall–Kier alpha value is -1.62. The van der Waals surface area contributed by atoms with Crippen molar-refractivity contribution in [2.45, 2.75) is 164 Å². The minimum absolute atomic E-state index is 0.00217. The highest BCUT2D eigenvalue weighted by atomic mass is 16.8. The van der Waals surface area contributed by atoms with Crippen LogP contribution in [0.3, 0.4) is 0 Å². The molecular formula is C32H58N2O16. The summed E-state index contributed by atoms with van der Waals surface area (Å²) in [5.74, 6) is -1.08. The Morgan fingerprint density at radius 2 is 1.02 bits per heavy atom. The van der Waals surface area contributed by atoms with Crippen molar-refractivity contribution >= 4 is 11.8 Å². The summed E-state index contributed by atoms with van der Waals surface area (Å²) < 4.78 is 35.4. The molecule has 18 heteroatoms. The standard InChI is InChI=1S/C32H58N2O16/c1-4-7-8-9-10-11-12-45-32-29(27(44)24(41)17(14-36)47-32)50-31-22(34-20(39)6-3)26(43)28(18(15-37)48-31)49-30-21(33-19(38)5-2)25(42)23(40)16(13-35)46-30/h16-18,21-32,35-37,40-44H,4-15H2,1-3H3,(H,33,38)(H,34,39)/t16-,17-,18-,21-,22-,23+,24-,25-,26-,27+,28-,29+,30+,31+,32+/m1/s1. The molecule has 292 valence electrons. The monoisotopic (exact) mass is 726 g/mol. The molecule has 3 rings (SSSR count). The maximum atomic E-state index is 12.7. The van der Waals surface area contributed by atoms with Crippen LogP contribution in [0.15, 0.2) is 0 Å². The molecule has 3 fully saturated rings. The fourth-order valence-corrected chi connectivity index (χ4v) is 6.16. The molecule has 50 heavy (non-hydrogen) atoms. The summed E-state index contributed by atoms with van der Waals surface area (Å²) in [6.07, 6.45) is -13.9. The van der Waals surface area contributed by atoms with Gasteiger partial charge in [0, 0.05) is 19.4 Å². The summed E-state index contributed by atoms with van der Waals surface area (Å²) in [5.41, 5.74) is 0. The number of hydrogen-bond donors (Lipinski definition) is 10. The van der Waals surface area contributed by atoms with Crippen molar-refractivity contribution in [2.75, 3.05) is 26.4 Å². The lowest BCUT2D eigenvalue weighted by atomic mass is 9.94. The van der Waals surface area contributed by atoms with Crippen LogP contribution in [0.1, 0.15) is 72.1 Å². The highest BCUT2D eigenvalue weighted by Gasteiger charge is 2.54. The van der Waals surface area contributed by atoms with E-state index in [1.807, 2.05) is 0 Å². The fraction of sp³-hybridized carbons (Fsp3) is 0.938. The number of rotatable bonds is 19. The number of carbonyl (C=O) groups is 2. The quantitative estimate of drug-likeness (QED) is 0.0590. The van der Waals surface area contributed by atoms with Gasteiger partial charge < -0.3 is 79.9 Å². The van der Waals surface area contributed by atoms with Gasteiger partial charge in [-0.25, -0.2) is 0 Å². The summed E-state index contributed by atoms with van der Waals surface area (Å²) in [4.78, 5) is 24.9. The molecule has 15 atom stereocenters. The third kappa shape index (κ3) is 11.0. The largest absolute Gasteiger partial charge is 0.394 e. The number of unbranched alkanes of at least 4 members (excludes halogenated alkanes) is 5. The number of hydrogen-bond acceptors (Lipinski definition) is 16. The van der Waals surface area contributed by atoms with Crippen LogP contribution >= 0.6 is 0 Å². The molecule has 0 saturated carbocycles. The van der Waals surface area contributed by atoms with Crippen molar-refractivity contribution in [2.24, 2.45) is 0 Å². The van der Waals surface area contributed by atoms with Gasteiger partial charge in [0.15, 0.2) is 18.9 Å². The Bertz CT molecular complexity index is 1010. The molecule has 2 amide bonds. The number of aliphatic hydroxyl groups excluding tert-OH is 8. The second-order valence-corrected chi connectivity index (χ2v) is 12.9. The molecule has 3 saturated heterocycles. The lowest BCUT2D eigenvalue weighted by molar-refractivity contribution is -0.367. The fourth-order valence-electron chi connectivity index (χ4n) is 6.16. The smallest absolute Gasteiger partial charge is 0.220 e. The minimum atomic E-state index is -1.73. The van der Waals surface area contributed by atoms with E-state index in [9.17, 15) is 50.4 Å². The average Bonchev–Trinajstić information content (AvgIpc) is 3.12. The zero-order valence-electron chi connectivity index (χ0n) is 29.0. The van der Waals surface area contributed by atoms with E-state index < -0.39 is 124 Å². The number of amides is 2. The maximum absolute atomic E-state index is 12.7. The van der Waals surface area contributed by atoms with Crippen LogP contribution in [-0.2, 0) is 38.0 Å². The maximum Gasteiger partial charge on any atom is 0.220 e. The summed E-state index contributed by atoms with van der Waals surface area (Å²) in [6, 6.07) is -2.82. The predicted octanol–water partition coefficient (Wildman–Crippen LogP) is -3.12. The van der Waals surface area contributed by atoms with Crippen molar-refractivity contribution in [1.82, 2.24) is 10.6 Å². The number of ether oxygens (including phenoxy) is 6. The molecule has 18 nitrogen and oxygen atoms in total. The molecule has 0 aromatic heterocycles. The Morgan fingerprint density at radius 3 is 1.56 bits per heavy atom. The molecule has 3 aliphatic rings.